The zero-order valence-electron chi connectivity index (χ0n) is 11.9. The van der Waals surface area contributed by atoms with Crippen molar-refractivity contribution in [2.45, 2.75) is 19.4 Å². The minimum absolute atomic E-state index is 0.0105. The largest absolute Gasteiger partial charge is 0.467 e. The van der Waals surface area contributed by atoms with Crippen molar-refractivity contribution in [2.75, 3.05) is 19.0 Å². The molecule has 0 saturated carbocycles. The molecule has 0 aliphatic carbocycles. The molecule has 1 N–H and O–H groups in total. The van der Waals surface area contributed by atoms with Gasteiger partial charge >= 0.3 is 0 Å². The van der Waals surface area contributed by atoms with E-state index in [9.17, 15) is 4.79 Å². The summed E-state index contributed by atoms with van der Waals surface area (Å²) in [6, 6.07) is 8.13. The highest BCUT2D eigenvalue weighted by Crippen LogP contribution is 2.32. The first-order valence-corrected chi connectivity index (χ1v) is 6.72. The van der Waals surface area contributed by atoms with Crippen LogP contribution in [0, 0.1) is 6.92 Å². The maximum absolute atomic E-state index is 11.8. The number of anilines is 1. The number of carbonyl (C=O) groups is 1. The lowest BCUT2D eigenvalue weighted by molar-refractivity contribution is -0.117. The van der Waals surface area contributed by atoms with Crippen LogP contribution in [0.3, 0.4) is 0 Å². The fourth-order valence-electron chi connectivity index (χ4n) is 2.80. The lowest BCUT2D eigenvalue weighted by atomic mass is 9.99. The predicted molar refractivity (Wildman–Crippen MR) is 77.9 cm³/mol. The maximum atomic E-state index is 11.8. The molecule has 4 nitrogen and oxygen atoms in total. The Bertz CT molecular complexity index is 660. The van der Waals surface area contributed by atoms with E-state index >= 15 is 0 Å². The number of fused-ring (bicyclic) bond motifs is 1. The van der Waals surface area contributed by atoms with Gasteiger partial charge in [0.25, 0.3) is 0 Å². The molecule has 1 aromatic heterocycles. The third-order valence-corrected chi connectivity index (χ3v) is 3.97. The Morgan fingerprint density at radius 1 is 1.35 bits per heavy atom. The van der Waals surface area contributed by atoms with Crippen molar-refractivity contribution in [1.82, 2.24) is 5.32 Å². The molecule has 0 saturated heterocycles. The standard InChI is InChI=1S/C16H18N2O2/c1-10-6-7-20-16(10)15(17-2)11-4-5-13-12(8-11)9-14(19)18(13)3/h4-8,15,17H,9H2,1-3H3. The summed E-state index contributed by atoms with van der Waals surface area (Å²) in [7, 11) is 3.73. The van der Waals surface area contributed by atoms with Gasteiger partial charge in [-0.25, -0.2) is 0 Å². The Kier molecular flexibility index (Phi) is 3.10. The van der Waals surface area contributed by atoms with Gasteiger partial charge in [0, 0.05) is 12.7 Å². The molecule has 1 aliphatic rings. The molecule has 1 aliphatic heterocycles. The molecule has 1 atom stereocenters. The summed E-state index contributed by atoms with van der Waals surface area (Å²) in [5.74, 6) is 1.07. The molecule has 0 radical (unpaired) electrons. The van der Waals surface area contributed by atoms with Crippen molar-refractivity contribution in [3.05, 3.63) is 53.0 Å². The van der Waals surface area contributed by atoms with Crippen LogP contribution in [0.1, 0.15) is 28.5 Å². The van der Waals surface area contributed by atoms with Crippen LogP contribution in [0.2, 0.25) is 0 Å². The topological polar surface area (TPSA) is 45.5 Å². The fraction of sp³-hybridized carbons (Fsp3) is 0.312. The first kappa shape index (κ1) is 12.9. The first-order valence-electron chi connectivity index (χ1n) is 6.72. The number of hydrogen-bond donors (Lipinski definition) is 1. The quantitative estimate of drug-likeness (QED) is 0.931. The Morgan fingerprint density at radius 2 is 2.15 bits per heavy atom. The van der Waals surface area contributed by atoms with Gasteiger partial charge in [-0.15, -0.1) is 0 Å². The number of benzene rings is 1. The number of nitrogens with one attached hydrogen (secondary N) is 1. The summed E-state index contributed by atoms with van der Waals surface area (Å²) >= 11 is 0. The molecule has 4 heteroatoms. The zero-order chi connectivity index (χ0) is 14.3. The van der Waals surface area contributed by atoms with Crippen molar-refractivity contribution >= 4 is 11.6 Å². The van der Waals surface area contributed by atoms with E-state index in [1.165, 1.54) is 0 Å². The molecular formula is C16H18N2O2. The highest BCUT2D eigenvalue weighted by molar-refractivity contribution is 6.00. The summed E-state index contributed by atoms with van der Waals surface area (Å²) in [5, 5.41) is 3.28. The minimum atomic E-state index is 0.0105. The Hall–Kier alpha value is -2.07. The molecule has 3 rings (SSSR count). The maximum Gasteiger partial charge on any atom is 0.231 e. The third kappa shape index (κ3) is 1.93. The lowest BCUT2D eigenvalue weighted by Gasteiger charge is -2.17. The van der Waals surface area contributed by atoms with Crippen molar-refractivity contribution in [2.24, 2.45) is 0 Å². The van der Waals surface area contributed by atoms with Crippen LogP contribution < -0.4 is 10.2 Å². The van der Waals surface area contributed by atoms with E-state index in [1.54, 1.807) is 11.2 Å². The Morgan fingerprint density at radius 3 is 2.80 bits per heavy atom. The van der Waals surface area contributed by atoms with E-state index in [1.807, 2.05) is 33.2 Å². The number of rotatable bonds is 3. The SMILES string of the molecule is CNC(c1ccc2c(c1)CC(=O)N2C)c1occc1C. The first-order chi connectivity index (χ1) is 9.61. The minimum Gasteiger partial charge on any atom is -0.467 e. The second-order valence-electron chi connectivity index (χ2n) is 5.21. The molecule has 2 heterocycles. The van der Waals surface area contributed by atoms with Crippen LogP contribution in [0.25, 0.3) is 0 Å². The van der Waals surface area contributed by atoms with Gasteiger partial charge in [-0.3, -0.25) is 4.79 Å². The monoisotopic (exact) mass is 270 g/mol. The number of hydrogen-bond acceptors (Lipinski definition) is 3. The molecule has 0 fully saturated rings. The predicted octanol–water partition coefficient (Wildman–Crippen LogP) is 2.42. The summed E-state index contributed by atoms with van der Waals surface area (Å²) in [6.45, 7) is 2.04. The Balaban J connectivity index is 2.01. The van der Waals surface area contributed by atoms with Crippen LogP contribution >= 0.6 is 0 Å². The van der Waals surface area contributed by atoms with E-state index in [0.29, 0.717) is 6.42 Å². The number of nitrogens with zero attached hydrogens (tertiary/aromatic N) is 1. The van der Waals surface area contributed by atoms with Crippen molar-refractivity contribution in [1.29, 1.82) is 0 Å². The van der Waals surface area contributed by atoms with Gasteiger partial charge in [0.05, 0.1) is 18.7 Å². The van der Waals surface area contributed by atoms with Crippen LogP contribution in [0.4, 0.5) is 5.69 Å². The molecule has 1 amide bonds. The van der Waals surface area contributed by atoms with Gasteiger partial charge in [-0.2, -0.15) is 0 Å². The van der Waals surface area contributed by atoms with Gasteiger partial charge in [0.1, 0.15) is 5.76 Å². The smallest absolute Gasteiger partial charge is 0.231 e. The summed E-state index contributed by atoms with van der Waals surface area (Å²) < 4.78 is 5.59. The normalized spacial score (nSPS) is 15.6. The van der Waals surface area contributed by atoms with E-state index in [2.05, 4.69) is 17.4 Å². The van der Waals surface area contributed by atoms with E-state index in [0.717, 1.165) is 28.1 Å². The van der Waals surface area contributed by atoms with Gasteiger partial charge < -0.3 is 14.6 Å². The summed E-state index contributed by atoms with van der Waals surface area (Å²) in [5.41, 5.74) is 4.33. The lowest BCUT2D eigenvalue weighted by Crippen LogP contribution is -2.20. The van der Waals surface area contributed by atoms with Crippen molar-refractivity contribution in [3.8, 4) is 0 Å². The van der Waals surface area contributed by atoms with Gasteiger partial charge in [0.15, 0.2) is 0 Å². The van der Waals surface area contributed by atoms with Crippen LogP contribution in [0.5, 0.6) is 0 Å². The highest BCUT2D eigenvalue weighted by atomic mass is 16.3. The van der Waals surface area contributed by atoms with Gasteiger partial charge in [0.2, 0.25) is 5.91 Å². The summed E-state index contributed by atoms with van der Waals surface area (Å²) in [4.78, 5) is 13.5. The third-order valence-electron chi connectivity index (χ3n) is 3.97. The van der Waals surface area contributed by atoms with E-state index < -0.39 is 0 Å². The molecule has 2 aromatic rings. The molecular weight excluding hydrogens is 252 g/mol. The van der Waals surface area contributed by atoms with Crippen LogP contribution in [0.15, 0.2) is 34.9 Å². The average molecular weight is 270 g/mol. The second kappa shape index (κ2) is 4.80. The van der Waals surface area contributed by atoms with Crippen LogP contribution in [-0.2, 0) is 11.2 Å². The molecule has 1 aromatic carbocycles. The van der Waals surface area contributed by atoms with Crippen LogP contribution in [-0.4, -0.2) is 20.0 Å². The zero-order valence-corrected chi connectivity index (χ0v) is 11.9. The second-order valence-corrected chi connectivity index (χ2v) is 5.21. The Labute approximate surface area is 118 Å². The number of carbonyl (C=O) groups excluding carboxylic acids is 1. The van der Waals surface area contributed by atoms with Crippen molar-refractivity contribution in [3.63, 3.8) is 0 Å². The number of furan rings is 1. The molecule has 0 bridgehead atoms. The highest BCUT2D eigenvalue weighted by Gasteiger charge is 2.26. The van der Waals surface area contributed by atoms with E-state index in [-0.39, 0.29) is 11.9 Å². The summed E-state index contributed by atoms with van der Waals surface area (Å²) in [6.07, 6.45) is 2.19. The van der Waals surface area contributed by atoms with Gasteiger partial charge in [-0.1, -0.05) is 12.1 Å². The average Bonchev–Trinajstić information content (AvgIpc) is 2.96. The van der Waals surface area contributed by atoms with E-state index in [4.69, 9.17) is 4.42 Å². The molecule has 0 spiro atoms. The molecule has 20 heavy (non-hydrogen) atoms. The van der Waals surface area contributed by atoms with Crippen molar-refractivity contribution < 1.29 is 9.21 Å². The number of amides is 1. The number of likely N-dealkylation sites (N-methyl/N-ethyl adjacent to an activating group) is 1. The fourth-order valence-corrected chi connectivity index (χ4v) is 2.80. The molecule has 1 unspecified atom stereocenters. The van der Waals surface area contributed by atoms with Gasteiger partial charge in [-0.05, 0) is 42.8 Å². The molecule has 104 valence electrons. The number of aryl methyl sites for hydroxylation is 1.